The molecular formula is C14H13FN2O2. The maximum Gasteiger partial charge on any atom is 0.257 e. The number of nitrogen functional groups attached to an aromatic ring is 1. The topological polar surface area (TPSA) is 75.4 Å². The summed E-state index contributed by atoms with van der Waals surface area (Å²) in [6, 6.07) is 8.34. The van der Waals surface area contributed by atoms with Crippen molar-refractivity contribution < 1.29 is 14.3 Å². The Hall–Kier alpha value is -2.56. The van der Waals surface area contributed by atoms with Crippen LogP contribution in [0.25, 0.3) is 0 Å². The van der Waals surface area contributed by atoms with Crippen molar-refractivity contribution in [1.82, 2.24) is 0 Å². The van der Waals surface area contributed by atoms with E-state index >= 15 is 0 Å². The summed E-state index contributed by atoms with van der Waals surface area (Å²) in [4.78, 5) is 11.9. The van der Waals surface area contributed by atoms with E-state index in [9.17, 15) is 14.3 Å². The first-order valence-electron chi connectivity index (χ1n) is 5.63. The molecule has 1 amide bonds. The molecule has 0 aliphatic heterocycles. The molecule has 4 nitrogen and oxygen atoms in total. The van der Waals surface area contributed by atoms with Crippen LogP contribution < -0.4 is 11.1 Å². The third-order valence-corrected chi connectivity index (χ3v) is 2.73. The number of nitrogens with two attached hydrogens (primary N) is 1. The molecule has 0 bridgehead atoms. The highest BCUT2D eigenvalue weighted by molar-refractivity contribution is 6.07. The average Bonchev–Trinajstić information content (AvgIpc) is 2.33. The minimum Gasteiger partial charge on any atom is -0.508 e. The summed E-state index contributed by atoms with van der Waals surface area (Å²) in [5.74, 6) is -0.868. The minimum atomic E-state index is -0.498. The summed E-state index contributed by atoms with van der Waals surface area (Å²) in [5, 5.41) is 12.1. The molecule has 0 aliphatic carbocycles. The zero-order valence-corrected chi connectivity index (χ0v) is 10.3. The number of phenolic OH excluding ortho intramolecular Hbond substituents is 1. The van der Waals surface area contributed by atoms with Crippen molar-refractivity contribution in [2.24, 2.45) is 0 Å². The number of hydrogen-bond acceptors (Lipinski definition) is 3. The van der Waals surface area contributed by atoms with Gasteiger partial charge in [-0.3, -0.25) is 4.79 Å². The second kappa shape index (κ2) is 4.97. The van der Waals surface area contributed by atoms with Crippen molar-refractivity contribution in [2.75, 3.05) is 11.1 Å². The number of halogens is 1. The molecule has 0 unspecified atom stereocenters. The Bertz CT molecular complexity index is 641. The molecule has 0 saturated heterocycles. The Kier molecular flexibility index (Phi) is 3.37. The number of carbonyl (C=O) groups excluding carboxylic acids is 1. The Balaban J connectivity index is 2.23. The number of benzene rings is 2. The fourth-order valence-corrected chi connectivity index (χ4v) is 1.63. The largest absolute Gasteiger partial charge is 0.508 e. The normalized spacial score (nSPS) is 10.2. The highest BCUT2D eigenvalue weighted by Crippen LogP contribution is 2.22. The summed E-state index contributed by atoms with van der Waals surface area (Å²) < 4.78 is 12.9. The van der Waals surface area contributed by atoms with Crippen LogP contribution in [0.5, 0.6) is 5.75 Å². The van der Waals surface area contributed by atoms with E-state index in [1.807, 2.05) is 0 Å². The second-order valence-electron chi connectivity index (χ2n) is 4.19. The predicted octanol–water partition coefficient (Wildman–Crippen LogP) is 2.67. The van der Waals surface area contributed by atoms with E-state index in [0.717, 1.165) is 12.1 Å². The molecule has 0 aliphatic rings. The average molecular weight is 260 g/mol. The quantitative estimate of drug-likeness (QED) is 0.727. The Labute approximate surface area is 109 Å². The molecule has 4 N–H and O–H groups in total. The molecule has 0 fully saturated rings. The van der Waals surface area contributed by atoms with Gasteiger partial charge in [-0.05, 0) is 36.8 Å². The summed E-state index contributed by atoms with van der Waals surface area (Å²) in [6.07, 6.45) is 0. The smallest absolute Gasteiger partial charge is 0.257 e. The standard InChI is InChI=1S/C14H13FN2O2/c1-8-2-4-10(7-13(8)18)17-14(19)11-5-3-9(15)6-12(11)16/h2-7,18H,16H2,1H3,(H,17,19). The molecule has 5 heteroatoms. The first kappa shape index (κ1) is 12.9. The van der Waals surface area contributed by atoms with E-state index in [4.69, 9.17) is 5.73 Å². The summed E-state index contributed by atoms with van der Waals surface area (Å²) in [6.45, 7) is 1.75. The monoisotopic (exact) mass is 260 g/mol. The van der Waals surface area contributed by atoms with E-state index < -0.39 is 11.7 Å². The van der Waals surface area contributed by atoms with Gasteiger partial charge in [-0.15, -0.1) is 0 Å². The third-order valence-electron chi connectivity index (χ3n) is 2.73. The van der Waals surface area contributed by atoms with E-state index in [0.29, 0.717) is 11.3 Å². The molecule has 0 radical (unpaired) electrons. The van der Waals surface area contributed by atoms with Crippen molar-refractivity contribution in [3.63, 3.8) is 0 Å². The van der Waals surface area contributed by atoms with Crippen LogP contribution in [0.4, 0.5) is 15.8 Å². The molecule has 0 heterocycles. The number of phenols is 1. The van der Waals surface area contributed by atoms with Crippen LogP contribution in [0.15, 0.2) is 36.4 Å². The lowest BCUT2D eigenvalue weighted by Crippen LogP contribution is -2.14. The number of anilines is 2. The fourth-order valence-electron chi connectivity index (χ4n) is 1.63. The minimum absolute atomic E-state index is 0.0637. The van der Waals surface area contributed by atoms with E-state index in [-0.39, 0.29) is 17.0 Å². The number of aromatic hydroxyl groups is 1. The van der Waals surface area contributed by atoms with Crippen molar-refractivity contribution in [3.8, 4) is 5.75 Å². The molecule has 2 rings (SSSR count). The van der Waals surface area contributed by atoms with Crippen LogP contribution in [-0.4, -0.2) is 11.0 Å². The lowest BCUT2D eigenvalue weighted by Gasteiger charge is -2.08. The van der Waals surface area contributed by atoms with Crippen molar-refractivity contribution >= 4 is 17.3 Å². The Morgan fingerprint density at radius 2 is 2.00 bits per heavy atom. The van der Waals surface area contributed by atoms with E-state index in [1.54, 1.807) is 19.1 Å². The number of nitrogens with one attached hydrogen (secondary N) is 1. The third kappa shape index (κ3) is 2.82. The number of carbonyl (C=O) groups is 1. The molecule has 0 spiro atoms. The number of hydrogen-bond donors (Lipinski definition) is 3. The van der Waals surface area contributed by atoms with Gasteiger partial charge in [0.25, 0.3) is 5.91 Å². The first-order valence-corrected chi connectivity index (χ1v) is 5.63. The van der Waals surface area contributed by atoms with Crippen LogP contribution in [-0.2, 0) is 0 Å². The van der Waals surface area contributed by atoms with Gasteiger partial charge in [0.1, 0.15) is 11.6 Å². The van der Waals surface area contributed by atoms with Gasteiger partial charge in [0.05, 0.1) is 5.56 Å². The Morgan fingerprint density at radius 1 is 1.26 bits per heavy atom. The van der Waals surface area contributed by atoms with Gasteiger partial charge < -0.3 is 16.2 Å². The zero-order chi connectivity index (χ0) is 14.0. The van der Waals surface area contributed by atoms with Gasteiger partial charge in [0.15, 0.2) is 0 Å². The van der Waals surface area contributed by atoms with Crippen molar-refractivity contribution in [3.05, 3.63) is 53.3 Å². The molecule has 0 atom stereocenters. The molecule has 2 aromatic rings. The summed E-state index contributed by atoms with van der Waals surface area (Å²) >= 11 is 0. The molecule has 98 valence electrons. The van der Waals surface area contributed by atoms with Gasteiger partial charge in [-0.25, -0.2) is 4.39 Å². The van der Waals surface area contributed by atoms with Crippen LogP contribution in [0.2, 0.25) is 0 Å². The van der Waals surface area contributed by atoms with Gasteiger partial charge in [0.2, 0.25) is 0 Å². The summed E-state index contributed by atoms with van der Waals surface area (Å²) in [7, 11) is 0. The van der Waals surface area contributed by atoms with Gasteiger partial charge >= 0.3 is 0 Å². The van der Waals surface area contributed by atoms with Gasteiger partial charge in [-0.2, -0.15) is 0 Å². The fraction of sp³-hybridized carbons (Fsp3) is 0.0714. The maximum absolute atomic E-state index is 12.9. The predicted molar refractivity (Wildman–Crippen MR) is 71.6 cm³/mol. The van der Waals surface area contributed by atoms with Crippen molar-refractivity contribution in [1.29, 1.82) is 0 Å². The number of rotatable bonds is 2. The van der Waals surface area contributed by atoms with Crippen LogP contribution in [0.3, 0.4) is 0 Å². The van der Waals surface area contributed by atoms with Crippen LogP contribution in [0, 0.1) is 12.7 Å². The zero-order valence-electron chi connectivity index (χ0n) is 10.3. The summed E-state index contributed by atoms with van der Waals surface area (Å²) in [5.41, 5.74) is 6.97. The molecule has 0 aromatic heterocycles. The van der Waals surface area contributed by atoms with Crippen molar-refractivity contribution in [2.45, 2.75) is 6.92 Å². The highest BCUT2D eigenvalue weighted by atomic mass is 19.1. The lowest BCUT2D eigenvalue weighted by atomic mass is 10.1. The highest BCUT2D eigenvalue weighted by Gasteiger charge is 2.11. The van der Waals surface area contributed by atoms with Gasteiger partial charge in [0, 0.05) is 17.4 Å². The SMILES string of the molecule is Cc1ccc(NC(=O)c2ccc(F)cc2N)cc1O. The Morgan fingerprint density at radius 3 is 2.63 bits per heavy atom. The molecule has 0 saturated carbocycles. The molecule has 2 aromatic carbocycles. The van der Waals surface area contributed by atoms with Gasteiger partial charge in [-0.1, -0.05) is 6.07 Å². The molecular weight excluding hydrogens is 247 g/mol. The number of aryl methyl sites for hydroxylation is 1. The van der Waals surface area contributed by atoms with E-state index in [2.05, 4.69) is 5.32 Å². The van der Waals surface area contributed by atoms with Crippen LogP contribution in [0.1, 0.15) is 15.9 Å². The first-order chi connectivity index (χ1) is 8.97. The maximum atomic E-state index is 12.9. The van der Waals surface area contributed by atoms with Crippen LogP contribution >= 0.6 is 0 Å². The second-order valence-corrected chi connectivity index (χ2v) is 4.19. The molecule has 19 heavy (non-hydrogen) atoms. The van der Waals surface area contributed by atoms with E-state index in [1.165, 1.54) is 12.1 Å². The lowest BCUT2D eigenvalue weighted by molar-refractivity contribution is 0.102. The number of amides is 1.